The first kappa shape index (κ1) is 16.2. The maximum absolute atomic E-state index is 11.0. The van der Waals surface area contributed by atoms with Crippen LogP contribution in [-0.4, -0.2) is 72.6 Å². The Balaban J connectivity index is 1.55. The molecule has 3 heterocycles. The van der Waals surface area contributed by atoms with Crippen LogP contribution in [0.4, 0.5) is 5.69 Å². The van der Waals surface area contributed by atoms with Crippen molar-refractivity contribution in [3.8, 4) is 0 Å². The Morgan fingerprint density at radius 3 is 3.26 bits per heavy atom. The Hall–Kier alpha value is -1.70. The number of carboxylic acid groups (broad SMARTS) is 1. The zero-order valence-electron chi connectivity index (χ0n) is 13.1. The van der Waals surface area contributed by atoms with E-state index < -0.39 is 5.97 Å². The topological polar surface area (TPSA) is 83.9 Å². The first-order chi connectivity index (χ1) is 11.2. The van der Waals surface area contributed by atoms with E-state index in [0.717, 1.165) is 18.7 Å². The van der Waals surface area contributed by atoms with Crippen molar-refractivity contribution >= 4 is 11.7 Å². The smallest absolute Gasteiger partial charge is 0.317 e. The van der Waals surface area contributed by atoms with Crippen LogP contribution < -0.4 is 5.32 Å². The Kier molecular flexibility index (Phi) is 5.09. The molecule has 2 N–H and O–H groups in total. The maximum atomic E-state index is 11.0. The van der Waals surface area contributed by atoms with Gasteiger partial charge in [0, 0.05) is 37.9 Å². The number of ether oxygens (including phenoxy) is 2. The predicted molar refractivity (Wildman–Crippen MR) is 84.4 cm³/mol. The van der Waals surface area contributed by atoms with Gasteiger partial charge in [-0.05, 0) is 18.6 Å². The maximum Gasteiger partial charge on any atom is 0.317 e. The van der Waals surface area contributed by atoms with Gasteiger partial charge in [0.15, 0.2) is 0 Å². The number of hydrogen-bond acceptors (Lipinski definition) is 6. The molecule has 2 atom stereocenters. The van der Waals surface area contributed by atoms with E-state index >= 15 is 0 Å². The van der Waals surface area contributed by atoms with Gasteiger partial charge < -0.3 is 19.9 Å². The molecule has 23 heavy (non-hydrogen) atoms. The van der Waals surface area contributed by atoms with E-state index in [1.165, 1.54) is 0 Å². The molecule has 2 aliphatic rings. The predicted octanol–water partition coefficient (Wildman–Crippen LogP) is 0.686. The van der Waals surface area contributed by atoms with Gasteiger partial charge in [0.05, 0.1) is 32.1 Å². The summed E-state index contributed by atoms with van der Waals surface area (Å²) in [5.41, 5.74) is 0.617. The minimum atomic E-state index is -0.810. The second kappa shape index (κ2) is 7.25. The molecule has 2 unspecified atom stereocenters. The van der Waals surface area contributed by atoms with Gasteiger partial charge in [-0.25, -0.2) is 0 Å². The van der Waals surface area contributed by atoms with Gasteiger partial charge in [-0.1, -0.05) is 0 Å². The number of aliphatic carboxylic acids is 1. The summed E-state index contributed by atoms with van der Waals surface area (Å²) in [6.07, 6.45) is 4.42. The van der Waals surface area contributed by atoms with Crippen molar-refractivity contribution in [3.63, 3.8) is 0 Å². The van der Waals surface area contributed by atoms with Crippen molar-refractivity contribution in [3.05, 3.63) is 24.5 Å². The number of carboxylic acids is 1. The third kappa shape index (κ3) is 4.40. The van der Waals surface area contributed by atoms with E-state index in [4.69, 9.17) is 14.6 Å². The summed E-state index contributed by atoms with van der Waals surface area (Å²) in [6.45, 7) is 3.85. The quantitative estimate of drug-likeness (QED) is 0.825. The van der Waals surface area contributed by atoms with Gasteiger partial charge in [-0.3, -0.25) is 14.7 Å². The first-order valence-corrected chi connectivity index (χ1v) is 7.95. The van der Waals surface area contributed by atoms with Crippen LogP contribution in [0, 0.1) is 5.92 Å². The lowest BCUT2D eigenvalue weighted by Crippen LogP contribution is -2.45. The van der Waals surface area contributed by atoms with E-state index in [9.17, 15) is 4.79 Å². The molecular formula is C16H23N3O4. The third-order valence-corrected chi connectivity index (χ3v) is 4.33. The highest BCUT2D eigenvalue weighted by Crippen LogP contribution is 2.32. The highest BCUT2D eigenvalue weighted by Gasteiger charge is 2.43. The lowest BCUT2D eigenvalue weighted by Gasteiger charge is -2.30. The highest BCUT2D eigenvalue weighted by atomic mass is 16.5. The van der Waals surface area contributed by atoms with Gasteiger partial charge in [0.2, 0.25) is 0 Å². The molecule has 0 amide bonds. The van der Waals surface area contributed by atoms with E-state index in [0.29, 0.717) is 38.8 Å². The fourth-order valence-corrected chi connectivity index (χ4v) is 3.32. The minimum Gasteiger partial charge on any atom is -0.480 e. The van der Waals surface area contributed by atoms with E-state index in [1.807, 2.05) is 17.0 Å². The molecule has 1 aromatic rings. The standard InChI is InChI=1S/C16H23N3O4/c20-15(21)9-19-4-5-22-12-16(11-19)6-13(10-23-16)7-18-14-2-1-3-17-8-14/h1-3,8,13,18H,4-7,9-12H2,(H,20,21). The van der Waals surface area contributed by atoms with Crippen LogP contribution in [0.3, 0.4) is 0 Å². The average molecular weight is 321 g/mol. The van der Waals surface area contributed by atoms with Crippen LogP contribution in [0.15, 0.2) is 24.5 Å². The Labute approximate surface area is 135 Å². The number of pyridine rings is 1. The van der Waals surface area contributed by atoms with Crippen molar-refractivity contribution < 1.29 is 19.4 Å². The van der Waals surface area contributed by atoms with Crippen molar-refractivity contribution in [1.82, 2.24) is 9.88 Å². The Morgan fingerprint density at radius 1 is 1.57 bits per heavy atom. The summed E-state index contributed by atoms with van der Waals surface area (Å²) in [6, 6.07) is 3.89. The molecule has 2 fully saturated rings. The molecule has 2 saturated heterocycles. The van der Waals surface area contributed by atoms with Crippen LogP contribution in [-0.2, 0) is 14.3 Å². The van der Waals surface area contributed by atoms with Crippen molar-refractivity contribution in [2.75, 3.05) is 51.3 Å². The summed E-state index contributed by atoms with van der Waals surface area (Å²) in [5.74, 6) is -0.432. The summed E-state index contributed by atoms with van der Waals surface area (Å²) < 4.78 is 11.7. The number of nitrogens with one attached hydrogen (secondary N) is 1. The van der Waals surface area contributed by atoms with Gasteiger partial charge >= 0.3 is 5.97 Å². The number of rotatable bonds is 5. The monoisotopic (exact) mass is 321 g/mol. The van der Waals surface area contributed by atoms with E-state index in [2.05, 4.69) is 10.3 Å². The SMILES string of the molecule is O=C(O)CN1CCOCC2(CC(CNc3cccnc3)CO2)C1. The lowest BCUT2D eigenvalue weighted by atomic mass is 9.94. The molecule has 0 saturated carbocycles. The summed E-state index contributed by atoms with van der Waals surface area (Å²) >= 11 is 0. The molecular weight excluding hydrogens is 298 g/mol. The average Bonchev–Trinajstić information content (AvgIpc) is 2.82. The largest absolute Gasteiger partial charge is 0.480 e. The molecule has 2 aliphatic heterocycles. The first-order valence-electron chi connectivity index (χ1n) is 7.95. The van der Waals surface area contributed by atoms with Crippen LogP contribution in [0.5, 0.6) is 0 Å². The van der Waals surface area contributed by atoms with Crippen LogP contribution >= 0.6 is 0 Å². The molecule has 126 valence electrons. The number of anilines is 1. The highest BCUT2D eigenvalue weighted by molar-refractivity contribution is 5.69. The van der Waals surface area contributed by atoms with Crippen molar-refractivity contribution in [2.24, 2.45) is 5.92 Å². The van der Waals surface area contributed by atoms with Crippen molar-refractivity contribution in [2.45, 2.75) is 12.0 Å². The molecule has 7 nitrogen and oxygen atoms in total. The fraction of sp³-hybridized carbons (Fsp3) is 0.625. The molecule has 1 spiro atoms. The van der Waals surface area contributed by atoms with E-state index in [-0.39, 0.29) is 12.1 Å². The summed E-state index contributed by atoms with van der Waals surface area (Å²) in [4.78, 5) is 17.0. The molecule has 1 aromatic heterocycles. The zero-order chi connectivity index (χ0) is 16.1. The number of carbonyl (C=O) groups is 1. The molecule has 0 radical (unpaired) electrons. The second-order valence-corrected chi connectivity index (χ2v) is 6.34. The number of nitrogens with zero attached hydrogens (tertiary/aromatic N) is 2. The van der Waals surface area contributed by atoms with E-state index in [1.54, 1.807) is 12.4 Å². The van der Waals surface area contributed by atoms with Gasteiger partial charge in [-0.15, -0.1) is 0 Å². The summed E-state index contributed by atoms with van der Waals surface area (Å²) in [5, 5.41) is 12.4. The van der Waals surface area contributed by atoms with Crippen LogP contribution in [0.1, 0.15) is 6.42 Å². The molecule has 0 bridgehead atoms. The molecule has 0 aliphatic carbocycles. The zero-order valence-corrected chi connectivity index (χ0v) is 13.1. The van der Waals surface area contributed by atoms with Crippen LogP contribution in [0.25, 0.3) is 0 Å². The Bertz CT molecular complexity index is 527. The van der Waals surface area contributed by atoms with Crippen LogP contribution in [0.2, 0.25) is 0 Å². The number of aromatic nitrogens is 1. The second-order valence-electron chi connectivity index (χ2n) is 6.34. The van der Waals surface area contributed by atoms with Gasteiger partial charge in [-0.2, -0.15) is 0 Å². The van der Waals surface area contributed by atoms with Crippen molar-refractivity contribution in [1.29, 1.82) is 0 Å². The molecule has 0 aromatic carbocycles. The fourth-order valence-electron chi connectivity index (χ4n) is 3.32. The van der Waals surface area contributed by atoms with Gasteiger partial charge in [0.25, 0.3) is 0 Å². The normalized spacial score (nSPS) is 28.6. The molecule has 7 heteroatoms. The lowest BCUT2D eigenvalue weighted by molar-refractivity contribution is -0.139. The number of hydrogen-bond donors (Lipinski definition) is 2. The molecule has 3 rings (SSSR count). The third-order valence-electron chi connectivity index (χ3n) is 4.33. The Morgan fingerprint density at radius 2 is 2.48 bits per heavy atom. The van der Waals surface area contributed by atoms with Gasteiger partial charge in [0.1, 0.15) is 5.60 Å². The summed E-state index contributed by atoms with van der Waals surface area (Å²) in [7, 11) is 0. The minimum absolute atomic E-state index is 0.0348.